The number of imidazole rings is 1. The Morgan fingerprint density at radius 3 is 2.91 bits per heavy atom. The molecular weight excluding hydrogens is 298 g/mol. The van der Waals surface area contributed by atoms with Gasteiger partial charge in [-0.1, -0.05) is 37.7 Å². The molecule has 22 heavy (non-hydrogen) atoms. The van der Waals surface area contributed by atoms with Crippen LogP contribution in [0, 0.1) is 0 Å². The van der Waals surface area contributed by atoms with E-state index >= 15 is 0 Å². The van der Waals surface area contributed by atoms with E-state index < -0.39 is 0 Å². The zero-order valence-corrected chi connectivity index (χ0v) is 13.4. The van der Waals surface area contributed by atoms with Crippen molar-refractivity contribution >= 4 is 11.8 Å². The van der Waals surface area contributed by atoms with Crippen LogP contribution in [-0.4, -0.2) is 24.7 Å². The summed E-state index contributed by atoms with van der Waals surface area (Å²) in [6.07, 6.45) is 3.61. The molecule has 112 valence electrons. The maximum Gasteiger partial charge on any atom is 0.232 e. The molecule has 7 heteroatoms. The quantitative estimate of drug-likeness (QED) is 0.687. The molecule has 4 rings (SSSR count). The van der Waals surface area contributed by atoms with E-state index in [1.807, 2.05) is 39.1 Å². The minimum absolute atomic E-state index is 0.170. The lowest BCUT2D eigenvalue weighted by Gasteiger charge is -2.17. The number of thioether (sulfide) groups is 1. The van der Waals surface area contributed by atoms with Crippen molar-refractivity contribution in [2.45, 2.75) is 37.0 Å². The third-order valence-electron chi connectivity index (χ3n) is 3.50. The molecule has 0 radical (unpaired) electrons. The second kappa shape index (κ2) is 4.67. The van der Waals surface area contributed by atoms with Gasteiger partial charge in [0.1, 0.15) is 17.0 Å². The Morgan fingerprint density at radius 1 is 1.27 bits per heavy atom. The molecule has 0 unspecified atom stereocenters. The molecule has 4 heterocycles. The molecule has 3 aromatic rings. The van der Waals surface area contributed by atoms with Crippen LogP contribution in [0.25, 0.3) is 17.2 Å². The molecule has 0 saturated carbocycles. The van der Waals surface area contributed by atoms with Crippen LogP contribution in [0.4, 0.5) is 0 Å². The van der Waals surface area contributed by atoms with Crippen molar-refractivity contribution in [3.8, 4) is 17.2 Å². The standard InChI is InChI=1S/C15H15N5OS/c1-15(2,3)14-18-12(19-21-14)11-10-7-22-13-9(5-4-6-16-13)20(10)8-17-11/h4-6,8H,7H2,1-3H3. The Bertz CT molecular complexity index is 846. The molecule has 0 aromatic carbocycles. The Balaban J connectivity index is 1.81. The number of fused-ring (bicyclic) bond motifs is 3. The number of aromatic nitrogens is 5. The summed E-state index contributed by atoms with van der Waals surface area (Å²) in [4.78, 5) is 13.4. The van der Waals surface area contributed by atoms with Gasteiger partial charge in [-0.15, -0.1) is 0 Å². The number of pyridine rings is 1. The van der Waals surface area contributed by atoms with E-state index in [1.54, 1.807) is 18.1 Å². The van der Waals surface area contributed by atoms with Crippen molar-refractivity contribution in [1.82, 2.24) is 24.7 Å². The van der Waals surface area contributed by atoms with E-state index in [9.17, 15) is 0 Å². The van der Waals surface area contributed by atoms with Crippen LogP contribution in [0.5, 0.6) is 0 Å². The molecule has 0 atom stereocenters. The van der Waals surface area contributed by atoms with Crippen LogP contribution < -0.4 is 0 Å². The van der Waals surface area contributed by atoms with Crippen molar-refractivity contribution in [2.75, 3.05) is 0 Å². The molecule has 0 spiro atoms. The fourth-order valence-electron chi connectivity index (χ4n) is 2.34. The first-order valence-electron chi connectivity index (χ1n) is 7.03. The molecule has 0 N–H and O–H groups in total. The summed E-state index contributed by atoms with van der Waals surface area (Å²) < 4.78 is 7.44. The Kier molecular flexibility index (Phi) is 2.87. The molecule has 3 aromatic heterocycles. The van der Waals surface area contributed by atoms with Crippen molar-refractivity contribution in [2.24, 2.45) is 0 Å². The van der Waals surface area contributed by atoms with Crippen LogP contribution in [0.15, 0.2) is 34.2 Å². The van der Waals surface area contributed by atoms with Gasteiger partial charge in [0.25, 0.3) is 0 Å². The highest BCUT2D eigenvalue weighted by atomic mass is 32.2. The van der Waals surface area contributed by atoms with Gasteiger partial charge in [-0.25, -0.2) is 9.97 Å². The molecular formula is C15H15N5OS. The van der Waals surface area contributed by atoms with Crippen molar-refractivity contribution < 1.29 is 4.52 Å². The summed E-state index contributed by atoms with van der Waals surface area (Å²) >= 11 is 1.70. The summed E-state index contributed by atoms with van der Waals surface area (Å²) in [6.45, 7) is 6.14. The molecule has 0 fully saturated rings. The number of hydrogen-bond donors (Lipinski definition) is 0. The maximum absolute atomic E-state index is 5.38. The van der Waals surface area contributed by atoms with E-state index in [-0.39, 0.29) is 5.41 Å². The van der Waals surface area contributed by atoms with Crippen LogP contribution in [0.2, 0.25) is 0 Å². The first kappa shape index (κ1) is 13.5. The predicted octanol–water partition coefficient (Wildman–Crippen LogP) is 3.22. The van der Waals surface area contributed by atoms with Crippen LogP contribution in [-0.2, 0) is 11.2 Å². The lowest BCUT2D eigenvalue weighted by molar-refractivity contribution is 0.321. The highest BCUT2D eigenvalue weighted by Gasteiger charge is 2.27. The molecule has 0 saturated heterocycles. The lowest BCUT2D eigenvalue weighted by Crippen LogP contribution is -2.11. The van der Waals surface area contributed by atoms with E-state index in [4.69, 9.17) is 4.52 Å². The summed E-state index contributed by atoms with van der Waals surface area (Å²) in [5.41, 5.74) is 2.73. The Hall–Kier alpha value is -2.15. The number of rotatable bonds is 1. The summed E-state index contributed by atoms with van der Waals surface area (Å²) in [5.74, 6) is 1.96. The lowest BCUT2D eigenvalue weighted by atomic mass is 9.97. The summed E-state index contributed by atoms with van der Waals surface area (Å²) in [5, 5.41) is 5.12. The van der Waals surface area contributed by atoms with Crippen molar-refractivity contribution in [1.29, 1.82) is 0 Å². The second-order valence-corrected chi connectivity index (χ2v) is 7.16. The second-order valence-electron chi connectivity index (χ2n) is 6.20. The van der Waals surface area contributed by atoms with E-state index in [0.717, 1.165) is 27.9 Å². The number of nitrogens with zero attached hydrogens (tertiary/aromatic N) is 5. The SMILES string of the molecule is CC(C)(C)c1nc(-c2ncn3c2CSc2ncccc2-3)no1. The zero-order valence-electron chi connectivity index (χ0n) is 12.6. The third kappa shape index (κ3) is 2.04. The van der Waals surface area contributed by atoms with Gasteiger partial charge in [0.05, 0.1) is 11.4 Å². The first-order chi connectivity index (χ1) is 10.5. The van der Waals surface area contributed by atoms with Gasteiger partial charge >= 0.3 is 0 Å². The van der Waals surface area contributed by atoms with E-state index in [2.05, 4.69) is 24.7 Å². The fraction of sp³-hybridized carbons (Fsp3) is 0.333. The topological polar surface area (TPSA) is 69.6 Å². The van der Waals surface area contributed by atoms with Gasteiger partial charge in [-0.3, -0.25) is 4.57 Å². The first-order valence-corrected chi connectivity index (χ1v) is 8.01. The highest BCUT2D eigenvalue weighted by Crippen LogP contribution is 2.37. The predicted molar refractivity (Wildman–Crippen MR) is 82.9 cm³/mol. The van der Waals surface area contributed by atoms with Crippen LogP contribution in [0.1, 0.15) is 32.4 Å². The third-order valence-corrected chi connectivity index (χ3v) is 4.51. The molecule has 1 aliphatic heterocycles. The molecule has 0 bridgehead atoms. The van der Waals surface area contributed by atoms with Crippen LogP contribution in [0.3, 0.4) is 0 Å². The van der Waals surface area contributed by atoms with Gasteiger partial charge in [0.15, 0.2) is 0 Å². The normalized spacial score (nSPS) is 13.8. The Labute approximate surface area is 132 Å². The van der Waals surface area contributed by atoms with E-state index in [1.165, 1.54) is 0 Å². The van der Waals surface area contributed by atoms with Gasteiger partial charge in [-0.05, 0) is 12.1 Å². The molecule has 0 amide bonds. The summed E-state index contributed by atoms with van der Waals surface area (Å²) in [7, 11) is 0. The van der Waals surface area contributed by atoms with Crippen molar-refractivity contribution in [3.05, 3.63) is 36.2 Å². The minimum Gasteiger partial charge on any atom is -0.338 e. The van der Waals surface area contributed by atoms with Gasteiger partial charge in [0.2, 0.25) is 11.7 Å². The average molecular weight is 313 g/mol. The molecule has 6 nitrogen and oxygen atoms in total. The molecule has 1 aliphatic rings. The average Bonchev–Trinajstić information content (AvgIpc) is 3.13. The zero-order chi connectivity index (χ0) is 15.3. The monoisotopic (exact) mass is 313 g/mol. The van der Waals surface area contributed by atoms with Gasteiger partial charge < -0.3 is 4.52 Å². The maximum atomic E-state index is 5.38. The van der Waals surface area contributed by atoms with Crippen molar-refractivity contribution in [3.63, 3.8) is 0 Å². The largest absolute Gasteiger partial charge is 0.338 e. The fourth-order valence-corrected chi connectivity index (χ4v) is 3.34. The van der Waals surface area contributed by atoms with Gasteiger partial charge in [0, 0.05) is 17.4 Å². The minimum atomic E-state index is -0.170. The highest BCUT2D eigenvalue weighted by molar-refractivity contribution is 7.98. The van der Waals surface area contributed by atoms with Gasteiger partial charge in [-0.2, -0.15) is 4.98 Å². The molecule has 0 aliphatic carbocycles. The number of hydrogen-bond acceptors (Lipinski definition) is 6. The van der Waals surface area contributed by atoms with Crippen LogP contribution >= 0.6 is 11.8 Å². The summed E-state index contributed by atoms with van der Waals surface area (Å²) in [6, 6.07) is 3.97. The Morgan fingerprint density at radius 2 is 2.14 bits per heavy atom. The van der Waals surface area contributed by atoms with E-state index in [0.29, 0.717) is 11.7 Å². The smallest absolute Gasteiger partial charge is 0.232 e.